The molecule has 0 aliphatic carbocycles. The van der Waals surface area contributed by atoms with Gasteiger partial charge in [0, 0.05) is 40.3 Å². The number of sulfonamides is 2. The Morgan fingerprint density at radius 2 is 1.38 bits per heavy atom. The Kier molecular flexibility index (Phi) is 8.49. The van der Waals surface area contributed by atoms with E-state index in [0.29, 0.717) is 29.2 Å². The molecule has 3 aromatic rings. The summed E-state index contributed by atoms with van der Waals surface area (Å²) in [6.07, 6.45) is 2.71. The predicted octanol–water partition coefficient (Wildman–Crippen LogP) is 4.90. The van der Waals surface area contributed by atoms with Crippen molar-refractivity contribution in [3.63, 3.8) is 0 Å². The summed E-state index contributed by atoms with van der Waals surface area (Å²) in [5, 5.41) is 3.30. The first kappa shape index (κ1) is 27.5. The van der Waals surface area contributed by atoms with Crippen molar-refractivity contribution in [3.8, 4) is 0 Å². The molecule has 0 aromatic heterocycles. The van der Waals surface area contributed by atoms with Crippen LogP contribution < -0.4 is 10.0 Å². The van der Waals surface area contributed by atoms with Crippen LogP contribution in [-0.2, 0) is 24.8 Å². The molecule has 1 aliphatic rings. The number of benzene rings is 3. The molecule has 0 radical (unpaired) electrons. The van der Waals surface area contributed by atoms with Gasteiger partial charge in [-0.3, -0.25) is 9.52 Å². The summed E-state index contributed by atoms with van der Waals surface area (Å²) in [6.45, 7) is 0.497. The largest absolute Gasteiger partial charge is 0.326 e. The van der Waals surface area contributed by atoms with Crippen molar-refractivity contribution in [2.24, 2.45) is 5.92 Å². The molecule has 4 rings (SSSR count). The number of carbonyl (C=O) groups excluding carboxylic acids is 1. The Hall–Kier alpha value is -2.57. The van der Waals surface area contributed by atoms with Crippen LogP contribution in [0.1, 0.15) is 12.8 Å². The van der Waals surface area contributed by atoms with Crippen LogP contribution in [0.4, 0.5) is 11.4 Å². The van der Waals surface area contributed by atoms with Gasteiger partial charge in [-0.05, 0) is 91.9 Å². The summed E-state index contributed by atoms with van der Waals surface area (Å²) in [5.41, 5.74) is 0.839. The first-order chi connectivity index (χ1) is 17.6. The maximum atomic E-state index is 13.0. The summed E-state index contributed by atoms with van der Waals surface area (Å²) in [6, 6.07) is 18.9. The third-order valence-electron chi connectivity index (χ3n) is 6.05. The minimum Gasteiger partial charge on any atom is -0.326 e. The van der Waals surface area contributed by atoms with Crippen LogP contribution >= 0.6 is 23.4 Å². The average molecular weight is 580 g/mol. The molecule has 1 amide bonds. The van der Waals surface area contributed by atoms with Crippen molar-refractivity contribution in [1.29, 1.82) is 0 Å². The van der Waals surface area contributed by atoms with E-state index in [1.807, 2.05) is 6.26 Å². The minimum atomic E-state index is -3.81. The minimum absolute atomic E-state index is 0.0459. The number of rotatable bonds is 8. The zero-order valence-corrected chi connectivity index (χ0v) is 23.1. The van der Waals surface area contributed by atoms with E-state index < -0.39 is 20.0 Å². The molecule has 1 saturated heterocycles. The van der Waals surface area contributed by atoms with Crippen molar-refractivity contribution in [2.45, 2.75) is 27.5 Å². The van der Waals surface area contributed by atoms with Crippen LogP contribution in [0.25, 0.3) is 0 Å². The molecule has 0 bridgehead atoms. The molecule has 0 unspecified atom stereocenters. The van der Waals surface area contributed by atoms with Crippen molar-refractivity contribution < 1.29 is 21.6 Å². The Balaban J connectivity index is 1.33. The van der Waals surface area contributed by atoms with E-state index in [2.05, 4.69) is 10.0 Å². The number of amides is 1. The molecular formula is C25H26ClN3O5S3. The predicted molar refractivity (Wildman–Crippen MR) is 147 cm³/mol. The second-order valence-electron chi connectivity index (χ2n) is 8.48. The van der Waals surface area contributed by atoms with Crippen LogP contribution in [-0.4, -0.2) is 46.4 Å². The van der Waals surface area contributed by atoms with Gasteiger partial charge in [0.15, 0.2) is 0 Å². The lowest BCUT2D eigenvalue weighted by Crippen LogP contribution is -2.41. The lowest BCUT2D eigenvalue weighted by atomic mass is 9.97. The SMILES string of the molecule is CSc1ccc(S(=O)(=O)N2CCC(C(=O)Nc3ccc(S(=O)(=O)Nc4ccc(Cl)cc4)cc3)CC2)cc1. The Morgan fingerprint density at radius 3 is 1.95 bits per heavy atom. The first-order valence-electron chi connectivity index (χ1n) is 11.4. The summed E-state index contributed by atoms with van der Waals surface area (Å²) in [5.74, 6) is -0.573. The average Bonchev–Trinajstić information content (AvgIpc) is 2.90. The third-order valence-corrected chi connectivity index (χ3v) is 10.4. The van der Waals surface area contributed by atoms with E-state index in [-0.39, 0.29) is 34.7 Å². The highest BCUT2D eigenvalue weighted by Gasteiger charge is 2.32. The van der Waals surface area contributed by atoms with Gasteiger partial charge in [0.2, 0.25) is 15.9 Å². The third kappa shape index (κ3) is 6.66. The zero-order valence-electron chi connectivity index (χ0n) is 19.9. The summed E-state index contributed by atoms with van der Waals surface area (Å²) < 4.78 is 55.1. The Morgan fingerprint density at radius 1 is 0.838 bits per heavy atom. The lowest BCUT2D eigenvalue weighted by Gasteiger charge is -2.30. The number of nitrogens with one attached hydrogen (secondary N) is 2. The zero-order chi connectivity index (χ0) is 26.6. The fraction of sp³-hybridized carbons (Fsp3) is 0.240. The van der Waals surface area contributed by atoms with Crippen LogP contribution in [0.15, 0.2) is 87.5 Å². The molecule has 3 aromatic carbocycles. The maximum Gasteiger partial charge on any atom is 0.261 e. The monoisotopic (exact) mass is 579 g/mol. The smallest absolute Gasteiger partial charge is 0.261 e. The van der Waals surface area contributed by atoms with E-state index >= 15 is 0 Å². The fourth-order valence-electron chi connectivity index (χ4n) is 3.95. The van der Waals surface area contributed by atoms with Crippen molar-refractivity contribution in [3.05, 3.63) is 77.8 Å². The highest BCUT2D eigenvalue weighted by atomic mass is 35.5. The van der Waals surface area contributed by atoms with Crippen LogP contribution in [0, 0.1) is 5.92 Å². The number of hydrogen-bond acceptors (Lipinski definition) is 6. The first-order valence-corrected chi connectivity index (χ1v) is 15.9. The number of thioether (sulfide) groups is 1. The molecule has 196 valence electrons. The summed E-state index contributed by atoms with van der Waals surface area (Å²) >= 11 is 7.38. The summed E-state index contributed by atoms with van der Waals surface area (Å²) in [4.78, 5) is 14.1. The van der Waals surface area contributed by atoms with Gasteiger partial charge in [-0.15, -0.1) is 11.8 Å². The van der Waals surface area contributed by atoms with E-state index in [1.165, 1.54) is 28.6 Å². The molecular weight excluding hydrogens is 554 g/mol. The Bertz CT molecular complexity index is 1450. The van der Waals surface area contributed by atoms with Gasteiger partial charge in [0.25, 0.3) is 10.0 Å². The molecule has 12 heteroatoms. The van der Waals surface area contributed by atoms with E-state index in [0.717, 1.165) is 4.90 Å². The fourth-order valence-corrected chi connectivity index (χ4v) is 7.01. The Labute approximate surface area is 226 Å². The van der Waals surface area contributed by atoms with Crippen LogP contribution in [0.5, 0.6) is 0 Å². The molecule has 0 saturated carbocycles. The van der Waals surface area contributed by atoms with Crippen LogP contribution in [0.2, 0.25) is 5.02 Å². The number of anilines is 2. The van der Waals surface area contributed by atoms with Gasteiger partial charge in [0.05, 0.1) is 9.79 Å². The molecule has 0 spiro atoms. The molecule has 37 heavy (non-hydrogen) atoms. The normalized spacial score (nSPS) is 15.3. The van der Waals surface area contributed by atoms with Gasteiger partial charge in [-0.25, -0.2) is 16.8 Å². The van der Waals surface area contributed by atoms with Crippen molar-refractivity contribution in [1.82, 2.24) is 4.31 Å². The van der Waals surface area contributed by atoms with Crippen LogP contribution in [0.3, 0.4) is 0 Å². The number of piperidine rings is 1. The summed E-state index contributed by atoms with van der Waals surface area (Å²) in [7, 11) is -7.42. The quantitative estimate of drug-likeness (QED) is 0.367. The maximum absolute atomic E-state index is 13.0. The standard InChI is InChI=1S/C25H26ClN3O5S3/c1-35-22-8-12-24(13-9-22)37(33,34)29-16-14-18(15-17-29)25(30)27-20-6-10-23(11-7-20)36(31,32)28-21-4-2-19(26)3-5-21/h2-13,18,28H,14-17H2,1H3,(H,27,30). The molecule has 1 heterocycles. The number of halogens is 1. The van der Waals surface area contributed by atoms with Gasteiger partial charge >= 0.3 is 0 Å². The highest BCUT2D eigenvalue weighted by Crippen LogP contribution is 2.27. The van der Waals surface area contributed by atoms with E-state index in [1.54, 1.807) is 60.3 Å². The number of nitrogens with zero attached hydrogens (tertiary/aromatic N) is 1. The second-order valence-corrected chi connectivity index (χ2v) is 13.4. The van der Waals surface area contributed by atoms with Crippen molar-refractivity contribution >= 4 is 60.7 Å². The van der Waals surface area contributed by atoms with E-state index in [9.17, 15) is 21.6 Å². The molecule has 0 atom stereocenters. The van der Waals surface area contributed by atoms with Crippen molar-refractivity contribution in [2.75, 3.05) is 29.4 Å². The van der Waals surface area contributed by atoms with Gasteiger partial charge in [0.1, 0.15) is 0 Å². The molecule has 1 aliphatic heterocycles. The van der Waals surface area contributed by atoms with Gasteiger partial charge in [-0.2, -0.15) is 4.31 Å². The van der Waals surface area contributed by atoms with Gasteiger partial charge in [-0.1, -0.05) is 11.6 Å². The molecule has 1 fully saturated rings. The number of carbonyl (C=O) groups is 1. The lowest BCUT2D eigenvalue weighted by molar-refractivity contribution is -0.120. The molecule has 8 nitrogen and oxygen atoms in total. The molecule has 2 N–H and O–H groups in total. The van der Waals surface area contributed by atoms with E-state index in [4.69, 9.17) is 11.6 Å². The highest BCUT2D eigenvalue weighted by molar-refractivity contribution is 7.98. The second kappa shape index (κ2) is 11.4. The number of hydrogen-bond donors (Lipinski definition) is 2. The topological polar surface area (TPSA) is 113 Å². The van der Waals surface area contributed by atoms with Gasteiger partial charge < -0.3 is 5.32 Å².